The van der Waals surface area contributed by atoms with E-state index in [0.717, 1.165) is 35.5 Å². The van der Waals surface area contributed by atoms with Crippen molar-refractivity contribution < 1.29 is 4.79 Å². The summed E-state index contributed by atoms with van der Waals surface area (Å²) in [5.74, 6) is 0.721. The van der Waals surface area contributed by atoms with Crippen molar-refractivity contribution in [1.82, 2.24) is 15.2 Å². The third kappa shape index (κ3) is 2.60. The number of thiophene rings is 1. The Labute approximate surface area is 139 Å². The average Bonchev–Trinajstić information content (AvgIpc) is 2.97. The summed E-state index contributed by atoms with van der Waals surface area (Å²) >= 11 is 1.71. The van der Waals surface area contributed by atoms with Gasteiger partial charge in [0.25, 0.3) is 5.91 Å². The molecule has 3 unspecified atom stereocenters. The zero-order valence-electron chi connectivity index (χ0n) is 12.9. The number of rotatable bonds is 4. The third-order valence-electron chi connectivity index (χ3n) is 5.17. The fraction of sp³-hybridized carbons (Fsp3) is 0.529. The number of hydrogen-bond acceptors (Lipinski definition) is 5. The van der Waals surface area contributed by atoms with Gasteiger partial charge in [0.1, 0.15) is 5.69 Å². The van der Waals surface area contributed by atoms with Crippen LogP contribution < -0.4 is 10.6 Å². The molecule has 3 aliphatic rings. The molecule has 5 rings (SSSR count). The van der Waals surface area contributed by atoms with Crippen LogP contribution in [0.2, 0.25) is 0 Å². The van der Waals surface area contributed by atoms with Crippen molar-refractivity contribution in [2.75, 3.05) is 18.4 Å². The number of amides is 1. The molecule has 6 heteroatoms. The van der Waals surface area contributed by atoms with Gasteiger partial charge in [-0.2, -0.15) is 0 Å². The summed E-state index contributed by atoms with van der Waals surface area (Å²) in [6.07, 6.45) is 6.91. The SMILES string of the molecule is O=C(NC1CC2CCN1C2)c1cc2sc(NC3CC3)cc2cn1. The fourth-order valence-corrected chi connectivity index (χ4v) is 4.78. The first-order valence-electron chi connectivity index (χ1n) is 8.46. The van der Waals surface area contributed by atoms with Crippen molar-refractivity contribution in [3.63, 3.8) is 0 Å². The quantitative estimate of drug-likeness (QED) is 0.906. The molecule has 120 valence electrons. The largest absolute Gasteiger partial charge is 0.374 e. The molecule has 2 bridgehead atoms. The first-order valence-corrected chi connectivity index (χ1v) is 9.27. The predicted molar refractivity (Wildman–Crippen MR) is 91.8 cm³/mol. The maximum Gasteiger partial charge on any atom is 0.271 e. The molecule has 1 saturated carbocycles. The van der Waals surface area contributed by atoms with Gasteiger partial charge in [0.05, 0.1) is 11.2 Å². The molecule has 2 aromatic rings. The molecule has 23 heavy (non-hydrogen) atoms. The minimum absolute atomic E-state index is 0.0467. The van der Waals surface area contributed by atoms with E-state index >= 15 is 0 Å². The topological polar surface area (TPSA) is 57.3 Å². The van der Waals surface area contributed by atoms with Gasteiger partial charge in [-0.3, -0.25) is 14.7 Å². The van der Waals surface area contributed by atoms with E-state index in [1.807, 2.05) is 12.3 Å². The summed E-state index contributed by atoms with van der Waals surface area (Å²) in [6, 6.07) is 4.70. The van der Waals surface area contributed by atoms with Gasteiger partial charge in [0, 0.05) is 35.4 Å². The van der Waals surface area contributed by atoms with Crippen molar-refractivity contribution in [2.24, 2.45) is 5.92 Å². The highest BCUT2D eigenvalue weighted by Crippen LogP contribution is 2.34. The first-order chi connectivity index (χ1) is 11.2. The summed E-state index contributed by atoms with van der Waals surface area (Å²) in [5, 5.41) is 8.96. The Morgan fingerprint density at radius 3 is 2.96 bits per heavy atom. The second kappa shape index (κ2) is 5.18. The van der Waals surface area contributed by atoms with E-state index in [9.17, 15) is 4.79 Å². The zero-order valence-corrected chi connectivity index (χ0v) is 13.7. The smallest absolute Gasteiger partial charge is 0.271 e. The lowest BCUT2D eigenvalue weighted by atomic mass is 10.0. The number of nitrogens with one attached hydrogen (secondary N) is 2. The van der Waals surface area contributed by atoms with Gasteiger partial charge in [-0.15, -0.1) is 11.3 Å². The summed E-state index contributed by atoms with van der Waals surface area (Å²) in [6.45, 7) is 2.25. The van der Waals surface area contributed by atoms with Crippen LogP contribution >= 0.6 is 11.3 Å². The Kier molecular flexibility index (Phi) is 3.09. The third-order valence-corrected chi connectivity index (χ3v) is 6.20. The monoisotopic (exact) mass is 328 g/mol. The average molecular weight is 328 g/mol. The number of pyridine rings is 1. The number of fused-ring (bicyclic) bond motifs is 3. The Balaban J connectivity index is 1.33. The Hall–Kier alpha value is -1.66. The van der Waals surface area contributed by atoms with Crippen molar-refractivity contribution >= 4 is 32.3 Å². The van der Waals surface area contributed by atoms with Gasteiger partial charge in [-0.25, -0.2) is 0 Å². The number of hydrogen-bond donors (Lipinski definition) is 2. The van der Waals surface area contributed by atoms with Crippen LogP contribution in [0, 0.1) is 5.92 Å². The fourth-order valence-electron chi connectivity index (χ4n) is 3.74. The summed E-state index contributed by atoms with van der Waals surface area (Å²) in [7, 11) is 0. The minimum atomic E-state index is -0.0467. The Morgan fingerprint density at radius 1 is 1.30 bits per heavy atom. The summed E-state index contributed by atoms with van der Waals surface area (Å²) in [5.41, 5.74) is 0.529. The highest BCUT2D eigenvalue weighted by atomic mass is 32.1. The summed E-state index contributed by atoms with van der Waals surface area (Å²) < 4.78 is 1.13. The second-order valence-electron chi connectivity index (χ2n) is 7.01. The van der Waals surface area contributed by atoms with Crippen LogP contribution in [0.25, 0.3) is 10.1 Å². The van der Waals surface area contributed by atoms with Gasteiger partial charge in [-0.05, 0) is 43.7 Å². The molecule has 2 aliphatic heterocycles. The molecule has 1 amide bonds. The van der Waals surface area contributed by atoms with Crippen molar-refractivity contribution in [3.05, 3.63) is 24.0 Å². The van der Waals surface area contributed by atoms with Crippen LogP contribution in [0.1, 0.15) is 36.2 Å². The van der Waals surface area contributed by atoms with Gasteiger partial charge in [0.15, 0.2) is 0 Å². The molecule has 4 heterocycles. The van der Waals surface area contributed by atoms with Crippen LogP contribution in [-0.4, -0.2) is 41.1 Å². The lowest BCUT2D eigenvalue weighted by Gasteiger charge is -2.25. The molecular weight excluding hydrogens is 308 g/mol. The summed E-state index contributed by atoms with van der Waals surface area (Å²) in [4.78, 5) is 19.3. The predicted octanol–water partition coefficient (Wildman–Crippen LogP) is 2.65. The zero-order chi connectivity index (χ0) is 15.4. The van der Waals surface area contributed by atoms with E-state index in [2.05, 4.69) is 26.6 Å². The molecule has 0 spiro atoms. The number of carbonyl (C=O) groups is 1. The van der Waals surface area contributed by atoms with Crippen molar-refractivity contribution in [3.8, 4) is 0 Å². The minimum Gasteiger partial charge on any atom is -0.374 e. The number of piperidine rings is 1. The molecule has 2 aromatic heterocycles. The van der Waals surface area contributed by atoms with Crippen molar-refractivity contribution in [2.45, 2.75) is 37.9 Å². The molecule has 2 saturated heterocycles. The molecular formula is C17H20N4OS. The van der Waals surface area contributed by atoms with E-state index in [-0.39, 0.29) is 12.1 Å². The van der Waals surface area contributed by atoms with Gasteiger partial charge < -0.3 is 10.6 Å². The van der Waals surface area contributed by atoms with E-state index in [1.165, 1.54) is 24.3 Å². The highest BCUT2D eigenvalue weighted by Gasteiger charge is 2.38. The lowest BCUT2D eigenvalue weighted by Crippen LogP contribution is -2.45. The normalized spacial score (nSPS) is 29.1. The van der Waals surface area contributed by atoms with Crippen LogP contribution in [-0.2, 0) is 0 Å². The molecule has 3 fully saturated rings. The van der Waals surface area contributed by atoms with Gasteiger partial charge in [-0.1, -0.05) is 0 Å². The standard InChI is InChI=1S/C17H20N4OS/c22-17(20-15-5-10-3-4-21(15)9-10)13-7-14-11(8-18-13)6-16(23-14)19-12-1-2-12/h6-8,10,12,15,19H,1-5,9H2,(H,20,22). The lowest BCUT2D eigenvalue weighted by molar-refractivity contribution is 0.0878. The van der Waals surface area contributed by atoms with Crippen LogP contribution in [0.3, 0.4) is 0 Å². The van der Waals surface area contributed by atoms with Gasteiger partial charge in [0.2, 0.25) is 0 Å². The molecule has 0 aromatic carbocycles. The molecule has 5 nitrogen and oxygen atoms in total. The molecule has 3 atom stereocenters. The van der Waals surface area contributed by atoms with E-state index in [1.54, 1.807) is 11.3 Å². The number of nitrogens with zero attached hydrogens (tertiary/aromatic N) is 2. The number of carbonyl (C=O) groups excluding carboxylic acids is 1. The maximum absolute atomic E-state index is 12.5. The maximum atomic E-state index is 12.5. The Bertz CT molecular complexity index is 769. The van der Waals surface area contributed by atoms with Gasteiger partial charge >= 0.3 is 0 Å². The Morgan fingerprint density at radius 2 is 2.22 bits per heavy atom. The van der Waals surface area contributed by atoms with Crippen molar-refractivity contribution in [1.29, 1.82) is 0 Å². The van der Waals surface area contributed by atoms with E-state index in [4.69, 9.17) is 0 Å². The molecule has 2 N–H and O–H groups in total. The number of anilines is 1. The molecule has 1 aliphatic carbocycles. The van der Waals surface area contributed by atoms with Crippen LogP contribution in [0.5, 0.6) is 0 Å². The first kappa shape index (κ1) is 13.7. The molecule has 0 radical (unpaired) electrons. The van der Waals surface area contributed by atoms with Crippen LogP contribution in [0.15, 0.2) is 18.3 Å². The number of aromatic nitrogens is 1. The van der Waals surface area contributed by atoms with E-state index < -0.39 is 0 Å². The second-order valence-corrected chi connectivity index (χ2v) is 8.10. The highest BCUT2D eigenvalue weighted by molar-refractivity contribution is 7.22. The van der Waals surface area contributed by atoms with E-state index in [0.29, 0.717) is 11.7 Å². The van der Waals surface area contributed by atoms with Crippen LogP contribution in [0.4, 0.5) is 5.00 Å².